The van der Waals surface area contributed by atoms with Crippen LogP contribution in [0.4, 0.5) is 8.78 Å². The minimum Gasteiger partial charge on any atom is -0.387 e. The normalized spacial score (nSPS) is 17.9. The van der Waals surface area contributed by atoms with Gasteiger partial charge in [0.2, 0.25) is 0 Å². The van der Waals surface area contributed by atoms with Crippen molar-refractivity contribution in [3.63, 3.8) is 0 Å². The molecular weight excluding hydrogens is 276 g/mol. The highest BCUT2D eigenvalue weighted by molar-refractivity contribution is 5.21. The van der Waals surface area contributed by atoms with Crippen molar-refractivity contribution in [1.29, 1.82) is 0 Å². The fourth-order valence-electron chi connectivity index (χ4n) is 2.65. The van der Waals surface area contributed by atoms with E-state index in [0.29, 0.717) is 19.3 Å². The van der Waals surface area contributed by atoms with Gasteiger partial charge in [-0.3, -0.25) is 0 Å². The second-order valence-electron chi connectivity index (χ2n) is 5.52. The number of rotatable bonds is 7. The molecule has 21 heavy (non-hydrogen) atoms. The molecule has 1 atom stereocenters. The number of aliphatic hydroxyl groups is 1. The summed E-state index contributed by atoms with van der Waals surface area (Å²) in [6, 6.07) is 3.09. The molecule has 0 aliphatic heterocycles. The van der Waals surface area contributed by atoms with Gasteiger partial charge in [0.15, 0.2) is 0 Å². The van der Waals surface area contributed by atoms with Crippen LogP contribution in [-0.4, -0.2) is 30.9 Å². The Hall–Kier alpha value is -1.04. The Morgan fingerprint density at radius 1 is 1.24 bits per heavy atom. The quantitative estimate of drug-likeness (QED) is 0.761. The summed E-state index contributed by atoms with van der Waals surface area (Å²) < 4.78 is 32.2. The fourth-order valence-corrected chi connectivity index (χ4v) is 2.65. The molecule has 1 aromatic rings. The van der Waals surface area contributed by atoms with Crippen LogP contribution in [0, 0.1) is 11.6 Å². The molecular formula is C16H23F2NO2. The Morgan fingerprint density at radius 2 is 2.00 bits per heavy atom. The third-order valence-electron chi connectivity index (χ3n) is 3.84. The fraction of sp³-hybridized carbons (Fsp3) is 0.625. The van der Waals surface area contributed by atoms with Crippen molar-refractivity contribution in [3.8, 4) is 0 Å². The first kappa shape index (κ1) is 16.3. The first-order chi connectivity index (χ1) is 10.2. The molecule has 118 valence electrons. The number of ether oxygens (including phenoxy) is 1. The topological polar surface area (TPSA) is 41.5 Å². The molecule has 0 radical (unpaired) electrons. The number of nitrogens with one attached hydrogen (secondary N) is 1. The van der Waals surface area contributed by atoms with Crippen LogP contribution in [0.2, 0.25) is 0 Å². The summed E-state index contributed by atoms with van der Waals surface area (Å²) in [6.07, 6.45) is 5.30. The zero-order chi connectivity index (χ0) is 15.1. The molecule has 0 heterocycles. The smallest absolute Gasteiger partial charge is 0.129 e. The lowest BCUT2D eigenvalue weighted by Gasteiger charge is -2.22. The Labute approximate surface area is 124 Å². The van der Waals surface area contributed by atoms with Gasteiger partial charge in [-0.15, -0.1) is 0 Å². The van der Waals surface area contributed by atoms with E-state index in [0.717, 1.165) is 31.0 Å². The Balaban J connectivity index is 1.64. The van der Waals surface area contributed by atoms with Gasteiger partial charge >= 0.3 is 0 Å². The van der Waals surface area contributed by atoms with E-state index in [1.165, 1.54) is 19.3 Å². The highest BCUT2D eigenvalue weighted by atomic mass is 19.1. The van der Waals surface area contributed by atoms with Gasteiger partial charge in [-0.1, -0.05) is 19.3 Å². The van der Waals surface area contributed by atoms with Gasteiger partial charge in [0, 0.05) is 18.7 Å². The van der Waals surface area contributed by atoms with Gasteiger partial charge in [-0.25, -0.2) is 8.78 Å². The molecule has 1 aliphatic carbocycles. The average Bonchev–Trinajstić information content (AvgIpc) is 2.50. The lowest BCUT2D eigenvalue weighted by atomic mass is 9.98. The van der Waals surface area contributed by atoms with Gasteiger partial charge in [-0.2, -0.15) is 0 Å². The van der Waals surface area contributed by atoms with Gasteiger partial charge < -0.3 is 15.2 Å². The Kier molecular flexibility index (Phi) is 6.54. The molecule has 0 saturated heterocycles. The summed E-state index contributed by atoms with van der Waals surface area (Å²) >= 11 is 0. The SMILES string of the molecule is OC(CNCCOC1CCCCC1)c1cc(F)ccc1F. The van der Waals surface area contributed by atoms with Crippen LogP contribution in [0.25, 0.3) is 0 Å². The lowest BCUT2D eigenvalue weighted by Crippen LogP contribution is -2.28. The first-order valence-corrected chi connectivity index (χ1v) is 7.62. The third kappa shape index (κ3) is 5.34. The van der Waals surface area contributed by atoms with E-state index in [-0.39, 0.29) is 12.1 Å². The van der Waals surface area contributed by atoms with E-state index < -0.39 is 17.7 Å². The van der Waals surface area contributed by atoms with Crippen LogP contribution in [0.15, 0.2) is 18.2 Å². The van der Waals surface area contributed by atoms with Crippen LogP contribution < -0.4 is 5.32 Å². The number of aliphatic hydroxyl groups excluding tert-OH is 1. The van der Waals surface area contributed by atoms with Crippen molar-refractivity contribution in [1.82, 2.24) is 5.32 Å². The maximum atomic E-state index is 13.5. The molecule has 0 aromatic heterocycles. The molecule has 0 amide bonds. The molecule has 3 nitrogen and oxygen atoms in total. The molecule has 1 aliphatic rings. The standard InChI is InChI=1S/C16H23F2NO2/c17-12-6-7-15(18)14(10-12)16(20)11-19-8-9-21-13-4-2-1-3-5-13/h6-7,10,13,16,19-20H,1-5,8-9,11H2. The predicted molar refractivity (Wildman–Crippen MR) is 77.0 cm³/mol. The highest BCUT2D eigenvalue weighted by Crippen LogP contribution is 2.20. The van der Waals surface area contributed by atoms with Crippen molar-refractivity contribution in [2.75, 3.05) is 19.7 Å². The number of hydrogen-bond donors (Lipinski definition) is 2. The van der Waals surface area contributed by atoms with Gasteiger partial charge in [-0.05, 0) is 31.0 Å². The molecule has 5 heteroatoms. The van der Waals surface area contributed by atoms with E-state index in [1.807, 2.05) is 0 Å². The van der Waals surface area contributed by atoms with Crippen LogP contribution in [0.3, 0.4) is 0 Å². The number of halogens is 2. The molecule has 1 fully saturated rings. The zero-order valence-electron chi connectivity index (χ0n) is 12.2. The first-order valence-electron chi connectivity index (χ1n) is 7.62. The molecule has 0 bridgehead atoms. The van der Waals surface area contributed by atoms with E-state index in [2.05, 4.69) is 5.32 Å². The Bertz CT molecular complexity index is 436. The largest absolute Gasteiger partial charge is 0.387 e. The zero-order valence-corrected chi connectivity index (χ0v) is 12.2. The van der Waals surface area contributed by atoms with Crippen molar-refractivity contribution in [3.05, 3.63) is 35.4 Å². The molecule has 1 unspecified atom stereocenters. The summed E-state index contributed by atoms with van der Waals surface area (Å²) in [7, 11) is 0. The lowest BCUT2D eigenvalue weighted by molar-refractivity contribution is 0.0291. The van der Waals surface area contributed by atoms with Crippen molar-refractivity contribution in [2.45, 2.75) is 44.3 Å². The van der Waals surface area contributed by atoms with E-state index in [1.54, 1.807) is 0 Å². The van der Waals surface area contributed by atoms with Gasteiger partial charge in [0.05, 0.1) is 18.8 Å². The van der Waals surface area contributed by atoms with Crippen molar-refractivity contribution in [2.24, 2.45) is 0 Å². The average molecular weight is 299 g/mol. The van der Waals surface area contributed by atoms with Gasteiger partial charge in [0.25, 0.3) is 0 Å². The van der Waals surface area contributed by atoms with E-state index in [4.69, 9.17) is 4.74 Å². The second-order valence-corrected chi connectivity index (χ2v) is 5.52. The van der Waals surface area contributed by atoms with Crippen LogP contribution in [-0.2, 0) is 4.74 Å². The molecule has 2 N–H and O–H groups in total. The number of hydrogen-bond acceptors (Lipinski definition) is 3. The maximum Gasteiger partial charge on any atom is 0.129 e. The van der Waals surface area contributed by atoms with Crippen molar-refractivity contribution < 1.29 is 18.6 Å². The Morgan fingerprint density at radius 3 is 2.76 bits per heavy atom. The monoisotopic (exact) mass is 299 g/mol. The molecule has 0 spiro atoms. The van der Waals surface area contributed by atoms with Crippen LogP contribution in [0.1, 0.15) is 43.8 Å². The highest BCUT2D eigenvalue weighted by Gasteiger charge is 2.15. The molecule has 2 rings (SSSR count). The van der Waals surface area contributed by atoms with Crippen LogP contribution >= 0.6 is 0 Å². The van der Waals surface area contributed by atoms with E-state index >= 15 is 0 Å². The molecule has 1 aromatic carbocycles. The number of benzene rings is 1. The van der Waals surface area contributed by atoms with E-state index in [9.17, 15) is 13.9 Å². The molecule has 1 saturated carbocycles. The van der Waals surface area contributed by atoms with Gasteiger partial charge in [0.1, 0.15) is 11.6 Å². The summed E-state index contributed by atoms with van der Waals surface area (Å²) in [5.74, 6) is -1.14. The third-order valence-corrected chi connectivity index (χ3v) is 3.84. The summed E-state index contributed by atoms with van der Waals surface area (Å²) in [5, 5.41) is 12.9. The van der Waals surface area contributed by atoms with Crippen molar-refractivity contribution >= 4 is 0 Å². The van der Waals surface area contributed by atoms with Crippen LogP contribution in [0.5, 0.6) is 0 Å². The minimum atomic E-state index is -1.06. The predicted octanol–water partition coefficient (Wildman–Crippen LogP) is 2.94. The summed E-state index contributed by atoms with van der Waals surface area (Å²) in [4.78, 5) is 0. The minimum absolute atomic E-state index is 0.0179. The maximum absolute atomic E-state index is 13.5. The summed E-state index contributed by atoms with van der Waals surface area (Å²) in [6.45, 7) is 1.34. The summed E-state index contributed by atoms with van der Waals surface area (Å²) in [5.41, 5.74) is -0.0179. The second kappa shape index (κ2) is 8.41.